The van der Waals surface area contributed by atoms with E-state index in [0.717, 1.165) is 14.2 Å². The van der Waals surface area contributed by atoms with Gasteiger partial charge in [0, 0.05) is 0 Å². The number of methoxy groups -OCH3 is 2. The molecule has 0 heterocycles. The number of benzene rings is 1. The molecular formula is C13H16N2O7. The summed E-state index contributed by atoms with van der Waals surface area (Å²) in [6.45, 7) is 0. The van der Waals surface area contributed by atoms with Crippen molar-refractivity contribution in [2.24, 2.45) is 11.5 Å². The van der Waals surface area contributed by atoms with E-state index in [-0.39, 0.29) is 17.9 Å². The Labute approximate surface area is 126 Å². The second-order valence-electron chi connectivity index (χ2n) is 4.11. The van der Waals surface area contributed by atoms with Crippen LogP contribution in [0.25, 0.3) is 0 Å². The Balaban J connectivity index is 3.04. The van der Waals surface area contributed by atoms with Gasteiger partial charge in [0.05, 0.1) is 20.3 Å². The fraction of sp³-hybridized carbons (Fsp3) is 0.308. The van der Waals surface area contributed by atoms with Gasteiger partial charge >= 0.3 is 12.3 Å². The largest absolute Gasteiger partial charge is 0.513 e. The first-order valence-electron chi connectivity index (χ1n) is 6.06. The van der Waals surface area contributed by atoms with E-state index >= 15 is 0 Å². The number of hydrogen-bond acceptors (Lipinski definition) is 8. The molecule has 9 heteroatoms. The van der Waals surface area contributed by atoms with Crippen LogP contribution in [0, 0.1) is 0 Å². The highest BCUT2D eigenvalue weighted by Gasteiger charge is 2.17. The lowest BCUT2D eigenvalue weighted by Gasteiger charge is -2.12. The summed E-state index contributed by atoms with van der Waals surface area (Å²) in [5, 5.41) is 0. The number of ether oxygens (including phenoxy) is 4. The third-order valence-corrected chi connectivity index (χ3v) is 2.55. The molecule has 22 heavy (non-hydrogen) atoms. The molecule has 0 spiro atoms. The highest BCUT2D eigenvalue weighted by molar-refractivity contribution is 5.80. The molecule has 9 nitrogen and oxygen atoms in total. The molecular weight excluding hydrogens is 296 g/mol. The molecule has 1 amide bonds. The summed E-state index contributed by atoms with van der Waals surface area (Å²) in [5.74, 6) is -0.828. The average molecular weight is 312 g/mol. The van der Waals surface area contributed by atoms with Gasteiger partial charge in [-0.3, -0.25) is 4.79 Å². The molecule has 1 rings (SSSR count). The maximum Gasteiger partial charge on any atom is 0.513 e. The minimum absolute atomic E-state index is 0.0614. The van der Waals surface area contributed by atoms with Crippen LogP contribution in [0.3, 0.4) is 0 Å². The van der Waals surface area contributed by atoms with Crippen molar-refractivity contribution in [2.75, 3.05) is 14.2 Å². The Morgan fingerprint density at radius 3 is 2.09 bits per heavy atom. The minimum Gasteiger partial charge on any atom is -0.437 e. The number of carbonyl (C=O) groups excluding carboxylic acids is 3. The van der Waals surface area contributed by atoms with E-state index in [0.29, 0.717) is 5.56 Å². The summed E-state index contributed by atoms with van der Waals surface area (Å²) < 4.78 is 18.4. The molecule has 0 saturated carbocycles. The Hall–Kier alpha value is -2.81. The van der Waals surface area contributed by atoms with Crippen LogP contribution in [-0.4, -0.2) is 38.5 Å². The Morgan fingerprint density at radius 1 is 1.05 bits per heavy atom. The normalized spacial score (nSPS) is 11.2. The lowest BCUT2D eigenvalue weighted by molar-refractivity contribution is -0.119. The number of carbonyl (C=O) groups is 3. The van der Waals surface area contributed by atoms with Gasteiger partial charge in [0.15, 0.2) is 11.5 Å². The molecule has 0 aliphatic rings. The Kier molecular flexibility index (Phi) is 6.14. The molecule has 0 fully saturated rings. The summed E-state index contributed by atoms with van der Waals surface area (Å²) >= 11 is 0. The first kappa shape index (κ1) is 17.2. The Bertz CT molecular complexity index is 574. The van der Waals surface area contributed by atoms with Crippen molar-refractivity contribution in [1.82, 2.24) is 0 Å². The molecule has 0 saturated heterocycles. The second kappa shape index (κ2) is 7.84. The first-order chi connectivity index (χ1) is 10.4. The van der Waals surface area contributed by atoms with E-state index in [2.05, 4.69) is 9.47 Å². The van der Waals surface area contributed by atoms with Crippen molar-refractivity contribution < 1.29 is 33.3 Å². The highest BCUT2D eigenvalue weighted by atomic mass is 16.7. The van der Waals surface area contributed by atoms with Gasteiger partial charge in [-0.15, -0.1) is 0 Å². The predicted molar refractivity (Wildman–Crippen MR) is 73.4 cm³/mol. The maximum absolute atomic E-state index is 11.2. The van der Waals surface area contributed by atoms with E-state index < -0.39 is 24.3 Å². The molecule has 0 aromatic heterocycles. The van der Waals surface area contributed by atoms with E-state index in [1.807, 2.05) is 0 Å². The number of primary amides is 1. The number of nitrogens with two attached hydrogens (primary N) is 2. The van der Waals surface area contributed by atoms with Crippen molar-refractivity contribution in [3.63, 3.8) is 0 Å². The van der Waals surface area contributed by atoms with Gasteiger partial charge in [-0.25, -0.2) is 9.59 Å². The summed E-state index contributed by atoms with van der Waals surface area (Å²) in [5.41, 5.74) is 11.2. The molecule has 0 radical (unpaired) electrons. The van der Waals surface area contributed by atoms with Crippen LogP contribution in [0.1, 0.15) is 5.56 Å². The lowest BCUT2D eigenvalue weighted by atomic mass is 10.1. The minimum atomic E-state index is -1.01. The van der Waals surface area contributed by atoms with Crippen LogP contribution in [-0.2, 0) is 20.7 Å². The molecule has 0 unspecified atom stereocenters. The third-order valence-electron chi connectivity index (χ3n) is 2.55. The molecule has 0 aliphatic heterocycles. The van der Waals surface area contributed by atoms with Gasteiger partial charge in [-0.05, 0) is 24.1 Å². The fourth-order valence-electron chi connectivity index (χ4n) is 1.46. The zero-order valence-electron chi connectivity index (χ0n) is 12.0. The number of hydrogen-bond donors (Lipinski definition) is 2. The van der Waals surface area contributed by atoms with Crippen LogP contribution in [0.15, 0.2) is 18.2 Å². The molecule has 4 N–H and O–H groups in total. The molecule has 1 aromatic carbocycles. The first-order valence-corrected chi connectivity index (χ1v) is 6.06. The maximum atomic E-state index is 11.2. The summed E-state index contributed by atoms with van der Waals surface area (Å²) in [4.78, 5) is 33.3. The van der Waals surface area contributed by atoms with Crippen LogP contribution in [0.4, 0.5) is 9.59 Å². The quantitative estimate of drug-likeness (QED) is 0.585. The zero-order valence-corrected chi connectivity index (χ0v) is 12.0. The predicted octanol–water partition coefficient (Wildman–Crippen LogP) is 0.332. The van der Waals surface area contributed by atoms with Crippen molar-refractivity contribution in [3.8, 4) is 11.5 Å². The van der Waals surface area contributed by atoms with Gasteiger partial charge in [-0.1, -0.05) is 6.07 Å². The van der Waals surface area contributed by atoms with Crippen LogP contribution >= 0.6 is 0 Å². The molecule has 0 bridgehead atoms. The smallest absolute Gasteiger partial charge is 0.437 e. The van der Waals surface area contributed by atoms with Gasteiger partial charge in [0.25, 0.3) is 0 Å². The summed E-state index contributed by atoms with van der Waals surface area (Å²) in [6.07, 6.45) is -1.88. The number of rotatable bonds is 5. The molecule has 0 aliphatic carbocycles. The summed E-state index contributed by atoms with van der Waals surface area (Å²) in [6, 6.07) is 3.36. The monoisotopic (exact) mass is 312 g/mol. The van der Waals surface area contributed by atoms with Gasteiger partial charge in [0.2, 0.25) is 5.91 Å². The number of amides is 1. The van der Waals surface area contributed by atoms with E-state index in [1.54, 1.807) is 0 Å². The fourth-order valence-corrected chi connectivity index (χ4v) is 1.46. The van der Waals surface area contributed by atoms with Crippen molar-refractivity contribution in [3.05, 3.63) is 23.8 Å². The van der Waals surface area contributed by atoms with Crippen molar-refractivity contribution >= 4 is 18.2 Å². The van der Waals surface area contributed by atoms with Gasteiger partial charge < -0.3 is 30.4 Å². The van der Waals surface area contributed by atoms with Crippen molar-refractivity contribution in [2.45, 2.75) is 12.5 Å². The highest BCUT2D eigenvalue weighted by Crippen LogP contribution is 2.29. The zero-order chi connectivity index (χ0) is 16.7. The molecule has 1 atom stereocenters. The lowest BCUT2D eigenvalue weighted by Crippen LogP contribution is -2.38. The average Bonchev–Trinajstić information content (AvgIpc) is 2.49. The SMILES string of the molecule is COC(=O)Oc1ccc(C[C@H](N)C(N)=O)cc1OC(=O)OC. The standard InChI is InChI=1S/C13H16N2O7/c1-19-12(17)21-9-4-3-7(5-8(14)11(15)16)6-10(9)22-13(18)20-2/h3-4,6,8H,5,14H2,1-2H3,(H2,15,16)/t8-/m0/s1. The van der Waals surface area contributed by atoms with Crippen LogP contribution in [0.2, 0.25) is 0 Å². The van der Waals surface area contributed by atoms with Gasteiger partial charge in [0.1, 0.15) is 0 Å². The van der Waals surface area contributed by atoms with Crippen LogP contribution in [0.5, 0.6) is 11.5 Å². The van der Waals surface area contributed by atoms with E-state index in [1.165, 1.54) is 18.2 Å². The third kappa shape index (κ3) is 4.94. The van der Waals surface area contributed by atoms with E-state index in [9.17, 15) is 14.4 Å². The van der Waals surface area contributed by atoms with Crippen LogP contribution < -0.4 is 20.9 Å². The molecule has 120 valence electrons. The molecule has 1 aromatic rings. The topological polar surface area (TPSA) is 140 Å². The summed E-state index contributed by atoms with van der Waals surface area (Å²) in [7, 11) is 2.25. The van der Waals surface area contributed by atoms with Gasteiger partial charge in [-0.2, -0.15) is 0 Å². The van der Waals surface area contributed by atoms with E-state index in [4.69, 9.17) is 20.9 Å². The second-order valence-corrected chi connectivity index (χ2v) is 4.11. The van der Waals surface area contributed by atoms with Crippen molar-refractivity contribution in [1.29, 1.82) is 0 Å². The Morgan fingerprint density at radius 2 is 1.59 bits per heavy atom.